The molecule has 22 heavy (non-hydrogen) atoms. The fraction of sp³-hybridized carbons (Fsp3) is 0.438. The zero-order valence-corrected chi connectivity index (χ0v) is 12.8. The lowest BCUT2D eigenvalue weighted by Crippen LogP contribution is -2.38. The summed E-state index contributed by atoms with van der Waals surface area (Å²) < 4.78 is 7.07. The first-order chi connectivity index (χ1) is 10.7. The molecule has 3 rings (SSSR count). The van der Waals surface area contributed by atoms with Crippen molar-refractivity contribution in [1.82, 2.24) is 14.7 Å². The van der Waals surface area contributed by atoms with Gasteiger partial charge in [-0.05, 0) is 17.7 Å². The number of ether oxygens (including phenoxy) is 1. The van der Waals surface area contributed by atoms with Gasteiger partial charge in [0.2, 0.25) is 0 Å². The number of aromatic nitrogens is 2. The lowest BCUT2D eigenvalue weighted by Gasteiger charge is -2.28. The second-order valence-corrected chi connectivity index (χ2v) is 5.55. The minimum atomic E-state index is -0.470. The maximum Gasteiger partial charge on any atom is 0.152 e. The van der Waals surface area contributed by atoms with E-state index in [0.717, 1.165) is 43.4 Å². The van der Waals surface area contributed by atoms with E-state index in [1.165, 1.54) is 0 Å². The van der Waals surface area contributed by atoms with Crippen LogP contribution >= 0.6 is 0 Å². The Labute approximate surface area is 130 Å². The van der Waals surface area contributed by atoms with Crippen molar-refractivity contribution in [3.8, 4) is 0 Å². The number of benzene rings is 1. The Morgan fingerprint density at radius 1 is 1.23 bits per heavy atom. The molecule has 0 spiro atoms. The Hall–Kier alpha value is -1.89. The molecule has 0 amide bonds. The highest BCUT2D eigenvalue weighted by molar-refractivity contribution is 5.56. The maximum absolute atomic E-state index is 10.3. The molecule has 1 aliphatic heterocycles. The van der Waals surface area contributed by atoms with E-state index in [4.69, 9.17) is 4.74 Å². The minimum absolute atomic E-state index is 0.470. The summed E-state index contributed by atoms with van der Waals surface area (Å²) in [6.07, 6.45) is 1.42. The number of aryl methyl sites for hydroxylation is 1. The van der Waals surface area contributed by atoms with E-state index in [1.807, 2.05) is 43.6 Å². The molecule has 0 saturated carbocycles. The maximum atomic E-state index is 10.3. The van der Waals surface area contributed by atoms with Gasteiger partial charge in [0.1, 0.15) is 0 Å². The number of nitrogens with zero attached hydrogens (tertiary/aromatic N) is 3. The van der Waals surface area contributed by atoms with Crippen LogP contribution in [0.1, 0.15) is 11.7 Å². The molecule has 1 atom stereocenters. The van der Waals surface area contributed by atoms with Crippen LogP contribution in [0.2, 0.25) is 0 Å². The third-order valence-electron chi connectivity index (χ3n) is 3.82. The van der Waals surface area contributed by atoms with Gasteiger partial charge in [-0.2, -0.15) is 5.10 Å². The SMILES string of the molecule is Cn1ccc(Nc2ccc(C(O)CN3CCOCC3)cc2)n1. The quantitative estimate of drug-likeness (QED) is 0.877. The molecular formula is C16H22N4O2. The lowest BCUT2D eigenvalue weighted by molar-refractivity contribution is 0.0143. The highest BCUT2D eigenvalue weighted by Gasteiger charge is 2.16. The van der Waals surface area contributed by atoms with Crippen molar-refractivity contribution < 1.29 is 9.84 Å². The van der Waals surface area contributed by atoms with E-state index in [0.29, 0.717) is 6.54 Å². The van der Waals surface area contributed by atoms with Crippen molar-refractivity contribution in [3.63, 3.8) is 0 Å². The molecule has 1 fully saturated rings. The highest BCUT2D eigenvalue weighted by Crippen LogP contribution is 2.20. The Morgan fingerprint density at radius 3 is 2.59 bits per heavy atom. The first-order valence-corrected chi connectivity index (χ1v) is 7.55. The molecule has 2 aromatic rings. The molecule has 6 nitrogen and oxygen atoms in total. The van der Waals surface area contributed by atoms with Crippen LogP contribution in [-0.4, -0.2) is 52.6 Å². The van der Waals surface area contributed by atoms with Crippen LogP contribution in [0, 0.1) is 0 Å². The summed E-state index contributed by atoms with van der Waals surface area (Å²) in [6.45, 7) is 3.92. The van der Waals surface area contributed by atoms with Crippen molar-refractivity contribution in [2.45, 2.75) is 6.10 Å². The molecule has 118 valence electrons. The molecule has 1 aliphatic rings. The van der Waals surface area contributed by atoms with E-state index in [1.54, 1.807) is 4.68 Å². The summed E-state index contributed by atoms with van der Waals surface area (Å²) in [4.78, 5) is 2.23. The zero-order valence-electron chi connectivity index (χ0n) is 12.8. The van der Waals surface area contributed by atoms with E-state index in [9.17, 15) is 5.11 Å². The smallest absolute Gasteiger partial charge is 0.152 e. The Balaban J connectivity index is 1.58. The van der Waals surface area contributed by atoms with E-state index in [2.05, 4.69) is 15.3 Å². The monoisotopic (exact) mass is 302 g/mol. The molecule has 1 saturated heterocycles. The Bertz CT molecular complexity index is 590. The van der Waals surface area contributed by atoms with Crippen molar-refractivity contribution in [3.05, 3.63) is 42.1 Å². The topological polar surface area (TPSA) is 62.5 Å². The Morgan fingerprint density at radius 2 is 1.95 bits per heavy atom. The summed E-state index contributed by atoms with van der Waals surface area (Å²) in [5.41, 5.74) is 1.89. The van der Waals surface area contributed by atoms with Crippen LogP contribution in [0.3, 0.4) is 0 Å². The van der Waals surface area contributed by atoms with Crippen LogP contribution in [0.4, 0.5) is 11.5 Å². The molecule has 1 aromatic heterocycles. The molecule has 0 radical (unpaired) electrons. The molecule has 1 aromatic carbocycles. The van der Waals surface area contributed by atoms with Gasteiger partial charge in [0.25, 0.3) is 0 Å². The molecule has 0 bridgehead atoms. The second-order valence-electron chi connectivity index (χ2n) is 5.55. The molecule has 2 heterocycles. The van der Waals surface area contributed by atoms with Crippen molar-refractivity contribution in [2.24, 2.45) is 7.05 Å². The van der Waals surface area contributed by atoms with E-state index < -0.39 is 6.10 Å². The fourth-order valence-corrected chi connectivity index (χ4v) is 2.55. The zero-order chi connectivity index (χ0) is 15.4. The van der Waals surface area contributed by atoms with Crippen LogP contribution in [-0.2, 0) is 11.8 Å². The van der Waals surface area contributed by atoms with E-state index >= 15 is 0 Å². The first-order valence-electron chi connectivity index (χ1n) is 7.55. The summed E-state index contributed by atoms with van der Waals surface area (Å²) >= 11 is 0. The predicted octanol–water partition coefficient (Wildman–Crippen LogP) is 1.53. The van der Waals surface area contributed by atoms with Gasteiger partial charge in [0.15, 0.2) is 5.82 Å². The molecule has 0 aliphatic carbocycles. The number of β-amino-alcohol motifs (C(OH)–C–C–N with tert-alkyl or cyclic N) is 1. The molecule has 6 heteroatoms. The van der Waals surface area contributed by atoms with Crippen LogP contribution < -0.4 is 5.32 Å². The average Bonchev–Trinajstić information content (AvgIpc) is 2.94. The van der Waals surface area contributed by atoms with Crippen LogP contribution in [0.25, 0.3) is 0 Å². The normalized spacial score (nSPS) is 17.4. The van der Waals surface area contributed by atoms with Gasteiger partial charge in [-0.3, -0.25) is 9.58 Å². The molecular weight excluding hydrogens is 280 g/mol. The van der Waals surface area contributed by atoms with Gasteiger partial charge in [-0.25, -0.2) is 0 Å². The first kappa shape index (κ1) is 15.0. The van der Waals surface area contributed by atoms with Crippen LogP contribution in [0.5, 0.6) is 0 Å². The number of aliphatic hydroxyl groups is 1. The number of rotatable bonds is 5. The van der Waals surface area contributed by atoms with Gasteiger partial charge in [-0.1, -0.05) is 12.1 Å². The largest absolute Gasteiger partial charge is 0.387 e. The number of hydrogen-bond donors (Lipinski definition) is 2. The third-order valence-corrected chi connectivity index (χ3v) is 3.82. The van der Waals surface area contributed by atoms with Gasteiger partial charge >= 0.3 is 0 Å². The summed E-state index contributed by atoms with van der Waals surface area (Å²) in [5.74, 6) is 0.809. The van der Waals surface area contributed by atoms with Crippen LogP contribution in [0.15, 0.2) is 36.5 Å². The second kappa shape index (κ2) is 6.91. The average molecular weight is 302 g/mol. The third kappa shape index (κ3) is 3.85. The number of nitrogens with one attached hydrogen (secondary N) is 1. The van der Waals surface area contributed by atoms with Gasteiger partial charge in [0, 0.05) is 44.6 Å². The van der Waals surface area contributed by atoms with Crippen molar-refractivity contribution in [1.29, 1.82) is 0 Å². The van der Waals surface area contributed by atoms with Gasteiger partial charge < -0.3 is 15.2 Å². The molecule has 2 N–H and O–H groups in total. The summed E-state index contributed by atoms with van der Waals surface area (Å²) in [7, 11) is 1.89. The van der Waals surface area contributed by atoms with Gasteiger partial charge in [-0.15, -0.1) is 0 Å². The predicted molar refractivity (Wildman–Crippen MR) is 85.2 cm³/mol. The number of anilines is 2. The van der Waals surface area contributed by atoms with Gasteiger partial charge in [0.05, 0.1) is 19.3 Å². The molecule has 1 unspecified atom stereocenters. The standard InChI is InChI=1S/C16H22N4O2/c1-19-7-6-16(18-19)17-14-4-2-13(3-5-14)15(21)12-20-8-10-22-11-9-20/h2-7,15,21H,8-12H2,1H3,(H,17,18). The van der Waals surface area contributed by atoms with Crippen molar-refractivity contribution >= 4 is 11.5 Å². The lowest BCUT2D eigenvalue weighted by atomic mass is 10.1. The van der Waals surface area contributed by atoms with Crippen molar-refractivity contribution in [2.75, 3.05) is 38.2 Å². The fourth-order valence-electron chi connectivity index (χ4n) is 2.55. The number of morpholine rings is 1. The minimum Gasteiger partial charge on any atom is -0.387 e. The Kier molecular flexibility index (Phi) is 4.72. The number of aliphatic hydroxyl groups excluding tert-OH is 1. The number of hydrogen-bond acceptors (Lipinski definition) is 5. The summed E-state index contributed by atoms with van der Waals surface area (Å²) in [6, 6.07) is 9.76. The summed E-state index contributed by atoms with van der Waals surface area (Å²) in [5, 5.41) is 17.8. The van der Waals surface area contributed by atoms with E-state index in [-0.39, 0.29) is 0 Å². The highest BCUT2D eigenvalue weighted by atomic mass is 16.5.